The Bertz CT molecular complexity index is 449. The third-order valence-electron chi connectivity index (χ3n) is 1.72. The third kappa shape index (κ3) is 2.44. The normalized spacial score (nSPS) is 9.69. The number of benzene rings is 1. The molecule has 3 N–H and O–H groups in total. The number of primary amides is 1. The van der Waals surface area contributed by atoms with Crippen LogP contribution in [0.4, 0.5) is 19.3 Å². The number of nitrogens with two attached hydrogens (primary N) is 1. The lowest BCUT2D eigenvalue weighted by atomic mass is 10.1. The second-order valence-electron chi connectivity index (χ2n) is 2.79. The van der Waals surface area contributed by atoms with Crippen LogP contribution in [0.25, 0.3) is 0 Å². The van der Waals surface area contributed by atoms with Crippen molar-refractivity contribution >= 4 is 17.7 Å². The van der Waals surface area contributed by atoms with Crippen molar-refractivity contribution in [2.45, 2.75) is 0 Å². The lowest BCUT2D eigenvalue weighted by Crippen LogP contribution is -2.21. The number of rotatable bonds is 2. The van der Waals surface area contributed by atoms with Gasteiger partial charge < -0.3 is 15.8 Å². The van der Waals surface area contributed by atoms with E-state index in [0.29, 0.717) is 12.1 Å². The molecule has 0 aliphatic heterocycles. The van der Waals surface area contributed by atoms with Crippen LogP contribution in [-0.4, -0.2) is 19.1 Å². The number of nitrogens with one attached hydrogen (secondary N) is 1. The maximum Gasteiger partial charge on any atom is 0.340 e. The van der Waals surface area contributed by atoms with Gasteiger partial charge in [-0.05, 0) is 6.07 Å². The number of methoxy groups -OCH3 is 1. The van der Waals surface area contributed by atoms with Crippen LogP contribution in [0.2, 0.25) is 0 Å². The van der Waals surface area contributed by atoms with Crippen LogP contribution >= 0.6 is 0 Å². The summed E-state index contributed by atoms with van der Waals surface area (Å²) in [7, 11) is 1.07. The first-order chi connectivity index (χ1) is 7.45. The Hall–Kier alpha value is -2.18. The fourth-order valence-electron chi connectivity index (χ4n) is 1.06. The first kappa shape index (κ1) is 11.9. The lowest BCUT2D eigenvalue weighted by Gasteiger charge is -2.08. The summed E-state index contributed by atoms with van der Waals surface area (Å²) in [5.74, 6) is -3.35. The van der Waals surface area contributed by atoms with E-state index < -0.39 is 23.6 Å². The fourth-order valence-corrected chi connectivity index (χ4v) is 1.06. The summed E-state index contributed by atoms with van der Waals surface area (Å²) >= 11 is 0. The molecule has 16 heavy (non-hydrogen) atoms. The SMILES string of the molecule is COC(=O)c1cc(F)c(F)cc1NC(N)=O. The van der Waals surface area contributed by atoms with E-state index in [2.05, 4.69) is 4.74 Å². The van der Waals surface area contributed by atoms with E-state index in [1.807, 2.05) is 5.32 Å². The minimum Gasteiger partial charge on any atom is -0.465 e. The van der Waals surface area contributed by atoms with Gasteiger partial charge >= 0.3 is 12.0 Å². The molecule has 0 radical (unpaired) electrons. The number of anilines is 1. The summed E-state index contributed by atoms with van der Waals surface area (Å²) in [6.45, 7) is 0. The second-order valence-corrected chi connectivity index (χ2v) is 2.79. The minimum atomic E-state index is -1.23. The van der Waals surface area contributed by atoms with Gasteiger partial charge in [-0.3, -0.25) is 0 Å². The maximum absolute atomic E-state index is 12.9. The zero-order valence-electron chi connectivity index (χ0n) is 8.21. The molecule has 0 aliphatic carbocycles. The van der Waals surface area contributed by atoms with Crippen molar-refractivity contribution in [3.8, 4) is 0 Å². The van der Waals surface area contributed by atoms with Gasteiger partial charge in [0, 0.05) is 6.07 Å². The Morgan fingerprint density at radius 1 is 1.31 bits per heavy atom. The standard InChI is InChI=1S/C9H8F2N2O3/c1-16-8(14)4-2-5(10)6(11)3-7(4)13-9(12)15/h2-3H,1H3,(H3,12,13,15). The van der Waals surface area contributed by atoms with Crippen molar-refractivity contribution in [3.63, 3.8) is 0 Å². The van der Waals surface area contributed by atoms with Gasteiger partial charge in [-0.2, -0.15) is 0 Å². The number of urea groups is 1. The number of hydrogen-bond acceptors (Lipinski definition) is 3. The van der Waals surface area contributed by atoms with Crippen LogP contribution in [-0.2, 0) is 4.74 Å². The van der Waals surface area contributed by atoms with Crippen LogP contribution < -0.4 is 11.1 Å². The number of hydrogen-bond donors (Lipinski definition) is 2. The molecule has 86 valence electrons. The number of carbonyl (C=O) groups is 2. The van der Waals surface area contributed by atoms with Gasteiger partial charge in [0.1, 0.15) is 0 Å². The number of halogens is 2. The quantitative estimate of drug-likeness (QED) is 0.750. The van der Waals surface area contributed by atoms with E-state index in [4.69, 9.17) is 5.73 Å². The first-order valence-corrected chi connectivity index (χ1v) is 4.09. The summed E-state index contributed by atoms with van der Waals surface area (Å²) in [5.41, 5.74) is 4.23. The monoisotopic (exact) mass is 230 g/mol. The maximum atomic E-state index is 12.9. The molecular formula is C9H8F2N2O3. The molecule has 1 aromatic carbocycles. The van der Waals surface area contributed by atoms with Gasteiger partial charge in [-0.25, -0.2) is 18.4 Å². The fraction of sp³-hybridized carbons (Fsp3) is 0.111. The van der Waals surface area contributed by atoms with Crippen molar-refractivity contribution < 1.29 is 23.1 Å². The molecule has 0 bridgehead atoms. The number of esters is 1. The van der Waals surface area contributed by atoms with E-state index in [0.717, 1.165) is 7.11 Å². The van der Waals surface area contributed by atoms with Crippen molar-refractivity contribution in [1.82, 2.24) is 0 Å². The van der Waals surface area contributed by atoms with E-state index in [-0.39, 0.29) is 11.3 Å². The molecule has 0 unspecified atom stereocenters. The van der Waals surface area contributed by atoms with Crippen LogP contribution in [0.5, 0.6) is 0 Å². The highest BCUT2D eigenvalue weighted by Crippen LogP contribution is 2.20. The molecule has 0 heterocycles. The molecule has 0 saturated heterocycles. The topological polar surface area (TPSA) is 81.4 Å². The number of amides is 2. The van der Waals surface area contributed by atoms with Gasteiger partial charge in [0.25, 0.3) is 0 Å². The predicted octanol–water partition coefficient (Wildman–Crippen LogP) is 1.24. The molecule has 0 spiro atoms. The first-order valence-electron chi connectivity index (χ1n) is 4.09. The summed E-state index contributed by atoms with van der Waals surface area (Å²) in [6, 6.07) is 0.259. The smallest absolute Gasteiger partial charge is 0.340 e. The van der Waals surface area contributed by atoms with Crippen LogP contribution in [0.15, 0.2) is 12.1 Å². The minimum absolute atomic E-state index is 0.252. The predicted molar refractivity (Wildman–Crippen MR) is 50.9 cm³/mol. The molecule has 0 fully saturated rings. The molecule has 1 aromatic rings. The van der Waals surface area contributed by atoms with Crippen molar-refractivity contribution in [1.29, 1.82) is 0 Å². The van der Waals surface area contributed by atoms with E-state index in [9.17, 15) is 18.4 Å². The van der Waals surface area contributed by atoms with Crippen LogP contribution in [0.3, 0.4) is 0 Å². The Kier molecular flexibility index (Phi) is 3.39. The van der Waals surface area contributed by atoms with E-state index in [1.165, 1.54) is 0 Å². The lowest BCUT2D eigenvalue weighted by molar-refractivity contribution is 0.0601. The summed E-state index contributed by atoms with van der Waals surface area (Å²) in [4.78, 5) is 21.7. The van der Waals surface area contributed by atoms with Crippen molar-refractivity contribution in [2.75, 3.05) is 12.4 Å². The van der Waals surface area contributed by atoms with Crippen LogP contribution in [0, 0.1) is 11.6 Å². The third-order valence-corrected chi connectivity index (χ3v) is 1.72. The van der Waals surface area contributed by atoms with Gasteiger partial charge in [-0.1, -0.05) is 0 Å². The Labute approximate surface area is 89.2 Å². The molecule has 7 heteroatoms. The molecule has 0 atom stereocenters. The molecule has 2 amide bonds. The second kappa shape index (κ2) is 4.56. The van der Waals surface area contributed by atoms with Crippen molar-refractivity contribution in [3.05, 3.63) is 29.3 Å². The molecule has 1 rings (SSSR count). The largest absolute Gasteiger partial charge is 0.465 e. The molecular weight excluding hydrogens is 222 g/mol. The average Bonchev–Trinajstić information content (AvgIpc) is 2.21. The molecule has 0 saturated carbocycles. The summed E-state index contributed by atoms with van der Waals surface area (Å²) in [5, 5.41) is 1.99. The van der Waals surface area contributed by atoms with E-state index in [1.54, 1.807) is 0 Å². The Morgan fingerprint density at radius 2 is 1.88 bits per heavy atom. The number of ether oxygens (including phenoxy) is 1. The highest BCUT2D eigenvalue weighted by molar-refractivity contribution is 6.00. The zero-order valence-corrected chi connectivity index (χ0v) is 8.21. The number of carbonyl (C=O) groups excluding carboxylic acids is 2. The van der Waals surface area contributed by atoms with Crippen LogP contribution in [0.1, 0.15) is 10.4 Å². The molecule has 0 aromatic heterocycles. The highest BCUT2D eigenvalue weighted by atomic mass is 19.2. The zero-order chi connectivity index (χ0) is 12.3. The van der Waals surface area contributed by atoms with Crippen molar-refractivity contribution in [2.24, 2.45) is 5.73 Å². The molecule has 0 aliphatic rings. The molecule has 5 nitrogen and oxygen atoms in total. The van der Waals surface area contributed by atoms with Gasteiger partial charge in [0.05, 0.1) is 18.4 Å². The highest BCUT2D eigenvalue weighted by Gasteiger charge is 2.17. The van der Waals surface area contributed by atoms with Gasteiger partial charge in [-0.15, -0.1) is 0 Å². The summed E-state index contributed by atoms with van der Waals surface area (Å²) < 4.78 is 30.1. The average molecular weight is 230 g/mol. The summed E-state index contributed by atoms with van der Waals surface area (Å²) in [6.07, 6.45) is 0. The van der Waals surface area contributed by atoms with Gasteiger partial charge in [0.2, 0.25) is 0 Å². The Morgan fingerprint density at radius 3 is 2.38 bits per heavy atom. The Balaban J connectivity index is 3.27. The van der Waals surface area contributed by atoms with Gasteiger partial charge in [0.15, 0.2) is 11.6 Å². The van der Waals surface area contributed by atoms with E-state index >= 15 is 0 Å².